The first-order chi connectivity index (χ1) is 7.92. The van der Waals surface area contributed by atoms with Gasteiger partial charge in [-0.2, -0.15) is 0 Å². The molecule has 0 bridgehead atoms. The molecule has 0 radical (unpaired) electrons. The zero-order chi connectivity index (χ0) is 10.8. The number of nitrogens with one attached hydrogen (secondary N) is 2. The number of nitrogens with zero attached hydrogens (tertiary/aromatic N) is 2. The van der Waals surface area contributed by atoms with Crippen molar-refractivity contribution < 1.29 is 0 Å². The smallest absolute Gasteiger partial charge is 0.206 e. The number of aromatic amines is 1. The van der Waals surface area contributed by atoms with Crippen LogP contribution in [0.4, 0.5) is 11.8 Å². The van der Waals surface area contributed by atoms with Crippen molar-refractivity contribution in [2.75, 3.05) is 5.32 Å². The van der Waals surface area contributed by atoms with Crippen LogP contribution in [0.15, 0.2) is 48.7 Å². The van der Waals surface area contributed by atoms with Crippen molar-refractivity contribution in [2.45, 2.75) is 0 Å². The van der Waals surface area contributed by atoms with E-state index in [1.807, 2.05) is 42.5 Å². The molecule has 3 aromatic rings. The summed E-state index contributed by atoms with van der Waals surface area (Å²) in [6, 6.07) is 13.6. The summed E-state index contributed by atoms with van der Waals surface area (Å²) in [4.78, 5) is 11.8. The maximum absolute atomic E-state index is 4.40. The second-order valence-corrected chi connectivity index (χ2v) is 3.44. The van der Waals surface area contributed by atoms with Crippen LogP contribution >= 0.6 is 0 Å². The van der Waals surface area contributed by atoms with Gasteiger partial charge in [0.15, 0.2) is 0 Å². The lowest BCUT2D eigenvalue weighted by atomic mass is 10.3. The molecule has 0 amide bonds. The highest BCUT2D eigenvalue weighted by Crippen LogP contribution is 2.16. The molecule has 0 spiro atoms. The molecule has 0 aliphatic rings. The lowest BCUT2D eigenvalue weighted by molar-refractivity contribution is 1.24. The fourth-order valence-electron chi connectivity index (χ4n) is 1.57. The lowest BCUT2D eigenvalue weighted by Crippen LogP contribution is -1.93. The predicted molar refractivity (Wildman–Crippen MR) is 63.6 cm³/mol. The van der Waals surface area contributed by atoms with Gasteiger partial charge in [0.25, 0.3) is 0 Å². The van der Waals surface area contributed by atoms with Gasteiger partial charge in [0, 0.05) is 6.20 Å². The molecule has 0 unspecified atom stereocenters. The molecule has 4 nitrogen and oxygen atoms in total. The SMILES string of the molecule is c1ccc(Nc2nc3ccccc3[nH]2)nc1. The molecule has 78 valence electrons. The van der Waals surface area contributed by atoms with Crippen molar-refractivity contribution in [3.63, 3.8) is 0 Å². The first kappa shape index (κ1) is 8.91. The second-order valence-electron chi connectivity index (χ2n) is 3.44. The van der Waals surface area contributed by atoms with Gasteiger partial charge in [0.2, 0.25) is 5.95 Å². The number of pyridine rings is 1. The van der Waals surface area contributed by atoms with Crippen LogP contribution in [-0.2, 0) is 0 Å². The Hall–Kier alpha value is -2.36. The third-order valence-electron chi connectivity index (χ3n) is 2.30. The van der Waals surface area contributed by atoms with Gasteiger partial charge < -0.3 is 10.3 Å². The molecular weight excluding hydrogens is 200 g/mol. The van der Waals surface area contributed by atoms with Crippen LogP contribution in [-0.4, -0.2) is 15.0 Å². The number of fused-ring (bicyclic) bond motifs is 1. The first-order valence-electron chi connectivity index (χ1n) is 5.05. The quantitative estimate of drug-likeness (QED) is 0.683. The molecule has 16 heavy (non-hydrogen) atoms. The summed E-state index contributed by atoms with van der Waals surface area (Å²) >= 11 is 0. The Kier molecular flexibility index (Phi) is 2.04. The average Bonchev–Trinajstić information content (AvgIpc) is 2.72. The van der Waals surface area contributed by atoms with E-state index >= 15 is 0 Å². The second kappa shape index (κ2) is 3.66. The maximum atomic E-state index is 4.40. The summed E-state index contributed by atoms with van der Waals surface area (Å²) in [5.41, 5.74) is 1.96. The topological polar surface area (TPSA) is 53.6 Å². The highest BCUT2D eigenvalue weighted by Gasteiger charge is 2.01. The van der Waals surface area contributed by atoms with Gasteiger partial charge in [0.1, 0.15) is 5.82 Å². The molecule has 0 atom stereocenters. The number of aromatic nitrogens is 3. The molecule has 0 fully saturated rings. The number of H-pyrrole nitrogens is 1. The molecule has 3 rings (SSSR count). The van der Waals surface area contributed by atoms with Gasteiger partial charge >= 0.3 is 0 Å². The fourth-order valence-corrected chi connectivity index (χ4v) is 1.57. The third-order valence-corrected chi connectivity index (χ3v) is 2.30. The van der Waals surface area contributed by atoms with Crippen LogP contribution in [0, 0.1) is 0 Å². The summed E-state index contributed by atoms with van der Waals surface area (Å²) in [6.07, 6.45) is 1.74. The summed E-state index contributed by atoms with van der Waals surface area (Å²) in [7, 11) is 0. The minimum atomic E-state index is 0.708. The van der Waals surface area contributed by atoms with Gasteiger partial charge in [-0.05, 0) is 24.3 Å². The van der Waals surface area contributed by atoms with Crippen LogP contribution in [0.5, 0.6) is 0 Å². The predicted octanol–water partition coefficient (Wildman–Crippen LogP) is 2.70. The van der Waals surface area contributed by atoms with E-state index in [0.717, 1.165) is 16.9 Å². The average molecular weight is 210 g/mol. The van der Waals surface area contributed by atoms with Gasteiger partial charge in [-0.15, -0.1) is 0 Å². The van der Waals surface area contributed by atoms with Crippen molar-refractivity contribution in [3.05, 3.63) is 48.7 Å². The Morgan fingerprint density at radius 3 is 2.69 bits per heavy atom. The van der Waals surface area contributed by atoms with E-state index < -0.39 is 0 Å². The van der Waals surface area contributed by atoms with Crippen LogP contribution < -0.4 is 5.32 Å². The van der Waals surface area contributed by atoms with Crippen LogP contribution in [0.3, 0.4) is 0 Å². The maximum Gasteiger partial charge on any atom is 0.206 e. The summed E-state index contributed by atoms with van der Waals surface area (Å²) in [5, 5.41) is 3.12. The Bertz CT molecular complexity index is 567. The minimum absolute atomic E-state index is 0.708. The standard InChI is InChI=1S/C12H10N4/c1-2-6-10-9(5-1)14-12(15-10)16-11-7-3-4-8-13-11/h1-8H,(H2,13,14,15,16). The third kappa shape index (κ3) is 1.61. The van der Waals surface area contributed by atoms with Crippen LogP contribution in [0.25, 0.3) is 11.0 Å². The number of anilines is 2. The number of rotatable bonds is 2. The molecule has 4 heteroatoms. The fraction of sp³-hybridized carbons (Fsp3) is 0. The van der Waals surface area contributed by atoms with Crippen LogP contribution in [0.2, 0.25) is 0 Å². The van der Waals surface area contributed by atoms with E-state index in [-0.39, 0.29) is 0 Å². The van der Waals surface area contributed by atoms with Crippen molar-refractivity contribution in [1.29, 1.82) is 0 Å². The van der Waals surface area contributed by atoms with E-state index in [0.29, 0.717) is 5.95 Å². The molecule has 0 aliphatic carbocycles. The molecule has 2 aromatic heterocycles. The lowest BCUT2D eigenvalue weighted by Gasteiger charge is -1.99. The Morgan fingerprint density at radius 1 is 1.00 bits per heavy atom. The molecule has 0 aliphatic heterocycles. The monoisotopic (exact) mass is 210 g/mol. The molecule has 0 saturated heterocycles. The Labute approximate surface area is 92.4 Å². The largest absolute Gasteiger partial charge is 0.324 e. The Balaban J connectivity index is 1.95. The van der Waals surface area contributed by atoms with E-state index in [2.05, 4.69) is 20.3 Å². The van der Waals surface area contributed by atoms with Gasteiger partial charge in [-0.25, -0.2) is 9.97 Å². The molecule has 2 N–H and O–H groups in total. The van der Waals surface area contributed by atoms with Crippen LogP contribution in [0.1, 0.15) is 0 Å². The van der Waals surface area contributed by atoms with Crippen molar-refractivity contribution in [2.24, 2.45) is 0 Å². The first-order valence-corrected chi connectivity index (χ1v) is 5.05. The van der Waals surface area contributed by atoms with E-state index in [4.69, 9.17) is 0 Å². The summed E-state index contributed by atoms with van der Waals surface area (Å²) in [6.45, 7) is 0. The number of hydrogen-bond donors (Lipinski definition) is 2. The molecule has 0 saturated carbocycles. The van der Waals surface area contributed by atoms with Crippen molar-refractivity contribution in [1.82, 2.24) is 15.0 Å². The van der Waals surface area contributed by atoms with Crippen molar-refractivity contribution >= 4 is 22.8 Å². The molecule has 1 aromatic carbocycles. The zero-order valence-electron chi connectivity index (χ0n) is 8.51. The number of imidazole rings is 1. The van der Waals surface area contributed by atoms with Gasteiger partial charge in [-0.3, -0.25) is 0 Å². The molecular formula is C12H10N4. The molecule has 2 heterocycles. The summed E-state index contributed by atoms with van der Waals surface area (Å²) in [5.74, 6) is 1.49. The number of hydrogen-bond acceptors (Lipinski definition) is 3. The van der Waals surface area contributed by atoms with Gasteiger partial charge in [-0.1, -0.05) is 18.2 Å². The number of benzene rings is 1. The highest BCUT2D eigenvalue weighted by atomic mass is 15.1. The van der Waals surface area contributed by atoms with E-state index in [1.54, 1.807) is 6.20 Å². The van der Waals surface area contributed by atoms with Gasteiger partial charge in [0.05, 0.1) is 11.0 Å². The van der Waals surface area contributed by atoms with E-state index in [9.17, 15) is 0 Å². The van der Waals surface area contributed by atoms with E-state index in [1.165, 1.54) is 0 Å². The number of para-hydroxylation sites is 2. The summed E-state index contributed by atoms with van der Waals surface area (Å²) < 4.78 is 0. The highest BCUT2D eigenvalue weighted by molar-refractivity contribution is 5.77. The minimum Gasteiger partial charge on any atom is -0.324 e. The Morgan fingerprint density at radius 2 is 1.88 bits per heavy atom. The normalized spacial score (nSPS) is 10.5. The van der Waals surface area contributed by atoms with Crippen molar-refractivity contribution in [3.8, 4) is 0 Å². The zero-order valence-corrected chi connectivity index (χ0v) is 8.51.